The van der Waals surface area contributed by atoms with Crippen LogP contribution in [0.2, 0.25) is 0 Å². The molecule has 0 radical (unpaired) electrons. The monoisotopic (exact) mass is 522 g/mol. The first-order chi connectivity index (χ1) is 18.0. The Bertz CT molecular complexity index is 1880. The van der Waals surface area contributed by atoms with Crippen LogP contribution in [0.5, 0.6) is 0 Å². The highest BCUT2D eigenvalue weighted by atomic mass is 19.2. The molecule has 0 bridgehead atoms. The van der Waals surface area contributed by atoms with Gasteiger partial charge in [0.15, 0.2) is 46.0 Å². The van der Waals surface area contributed by atoms with Crippen molar-refractivity contribution < 1.29 is 26.3 Å². The topological polar surface area (TPSA) is 126 Å². The van der Waals surface area contributed by atoms with Gasteiger partial charge in [0.2, 0.25) is 0 Å². The summed E-state index contributed by atoms with van der Waals surface area (Å²) in [7, 11) is 2.30. The molecule has 3 aromatic carbocycles. The zero-order valence-corrected chi connectivity index (χ0v) is 19.0. The zero-order chi connectivity index (χ0) is 27.8. The largest absolute Gasteiger partial charge is 0.338 e. The van der Waals surface area contributed by atoms with E-state index in [9.17, 15) is 21.0 Å². The van der Waals surface area contributed by atoms with Crippen molar-refractivity contribution in [3.8, 4) is 24.3 Å². The fourth-order valence-corrected chi connectivity index (χ4v) is 4.71. The molecule has 0 aromatic heterocycles. The number of fused-ring (bicyclic) bond motifs is 7. The molecule has 3 aromatic rings. The Balaban J connectivity index is 2.06. The molecule has 2 heterocycles. The number of rotatable bonds is 0. The number of hydrogen-bond donors (Lipinski definition) is 2. The third kappa shape index (κ3) is 2.71. The Hall–Kier alpha value is -5.60. The first-order valence-electron chi connectivity index (χ1n) is 10.3. The molecule has 38 heavy (non-hydrogen) atoms. The van der Waals surface area contributed by atoms with Gasteiger partial charge >= 0.3 is 0 Å². The number of nitrogens with zero attached hydrogens (tertiary/aromatic N) is 6. The minimum atomic E-state index is -1.94. The van der Waals surface area contributed by atoms with E-state index in [0.717, 1.165) is 23.9 Å². The van der Waals surface area contributed by atoms with E-state index in [4.69, 9.17) is 0 Å². The van der Waals surface area contributed by atoms with Crippen molar-refractivity contribution in [1.82, 2.24) is 0 Å². The molecule has 0 saturated heterocycles. The van der Waals surface area contributed by atoms with Crippen LogP contribution in [0.3, 0.4) is 0 Å². The Morgan fingerprint density at radius 2 is 0.947 bits per heavy atom. The lowest BCUT2D eigenvalue weighted by Gasteiger charge is -2.19. The highest BCUT2D eigenvalue weighted by Gasteiger charge is 2.39. The number of nitrogens with one attached hydrogen (secondary N) is 2. The maximum absolute atomic E-state index is 15.7. The van der Waals surface area contributed by atoms with Crippen molar-refractivity contribution in [3.05, 3.63) is 57.7 Å². The molecule has 8 nitrogen and oxygen atoms in total. The van der Waals surface area contributed by atoms with E-state index < -0.39 is 90.3 Å². The van der Waals surface area contributed by atoms with Gasteiger partial charge in [-0.25, -0.2) is 26.3 Å². The molecule has 0 saturated carbocycles. The summed E-state index contributed by atoms with van der Waals surface area (Å²) in [5, 5.41) is 37.7. The minimum absolute atomic E-state index is 0.359. The van der Waals surface area contributed by atoms with E-state index in [2.05, 4.69) is 10.6 Å². The molecule has 186 valence electrons. The number of allylic oxidation sites excluding steroid dienone is 2. The Morgan fingerprint density at radius 1 is 0.526 bits per heavy atom. The fraction of sp³-hybridized carbons (Fsp3) is 0.0833. The minimum Gasteiger partial charge on any atom is -0.338 e. The van der Waals surface area contributed by atoms with E-state index in [-0.39, 0.29) is 11.6 Å². The molecule has 0 atom stereocenters. The number of nitriles is 4. The lowest BCUT2D eigenvalue weighted by atomic mass is 9.95. The number of benzene rings is 3. The van der Waals surface area contributed by atoms with Crippen LogP contribution in [0.4, 0.5) is 49.1 Å². The highest BCUT2D eigenvalue weighted by molar-refractivity contribution is 6.22. The maximum atomic E-state index is 15.7. The van der Waals surface area contributed by atoms with Crippen LogP contribution in [-0.2, 0) is 0 Å². The van der Waals surface area contributed by atoms with Gasteiger partial charge < -0.3 is 20.4 Å². The summed E-state index contributed by atoms with van der Waals surface area (Å²) in [5.74, 6) is -11.6. The Morgan fingerprint density at radius 3 is 1.47 bits per heavy atom. The molecule has 0 amide bonds. The molecule has 5 rings (SSSR count). The lowest BCUT2D eigenvalue weighted by molar-refractivity contribution is 0.497. The molecule has 0 fully saturated rings. The molecular formula is C24H8F6N8. The standard InChI is InChI=1S/C24H8F6N8/c1-37-21-12-9(13(25)17(29)20(21)36-24(37)8(5-33)6-34)10-11(14(26)16(12)28)15(27)18(30)22-19(10)35-23(38(22)2)7(3-31)4-32/h35-36H,1-2H3. The van der Waals surface area contributed by atoms with Gasteiger partial charge in [0, 0.05) is 24.9 Å². The predicted octanol–water partition coefficient (Wildman–Crippen LogP) is 5.07. The van der Waals surface area contributed by atoms with Crippen LogP contribution in [0.15, 0.2) is 22.8 Å². The highest BCUT2D eigenvalue weighted by Crippen LogP contribution is 2.53. The third-order valence-corrected chi connectivity index (χ3v) is 6.34. The fourth-order valence-electron chi connectivity index (χ4n) is 4.71. The number of hydrogen-bond acceptors (Lipinski definition) is 8. The number of anilines is 4. The van der Waals surface area contributed by atoms with Crippen molar-refractivity contribution >= 4 is 44.3 Å². The maximum Gasteiger partial charge on any atom is 0.185 e. The summed E-state index contributed by atoms with van der Waals surface area (Å²) in [4.78, 5) is 1.77. The van der Waals surface area contributed by atoms with Gasteiger partial charge in [-0.05, 0) is 0 Å². The second kappa shape index (κ2) is 7.95. The van der Waals surface area contributed by atoms with Crippen LogP contribution in [0, 0.1) is 80.2 Å². The van der Waals surface area contributed by atoms with Crippen LogP contribution >= 0.6 is 0 Å². The van der Waals surface area contributed by atoms with E-state index >= 15 is 26.3 Å². The van der Waals surface area contributed by atoms with Crippen LogP contribution in [0.1, 0.15) is 0 Å². The molecule has 2 N–H and O–H groups in total. The molecule has 0 unspecified atom stereocenters. The van der Waals surface area contributed by atoms with Gasteiger partial charge in [0.1, 0.15) is 47.3 Å². The summed E-state index contributed by atoms with van der Waals surface area (Å²) in [6.45, 7) is 0. The van der Waals surface area contributed by atoms with Crippen molar-refractivity contribution in [3.63, 3.8) is 0 Å². The average molecular weight is 522 g/mol. The van der Waals surface area contributed by atoms with E-state index in [0.29, 0.717) is 0 Å². The van der Waals surface area contributed by atoms with Crippen LogP contribution in [-0.4, -0.2) is 14.1 Å². The number of halogens is 6. The van der Waals surface area contributed by atoms with Crippen molar-refractivity contribution in [2.75, 3.05) is 34.5 Å². The summed E-state index contributed by atoms with van der Waals surface area (Å²) >= 11 is 0. The summed E-state index contributed by atoms with van der Waals surface area (Å²) in [5.41, 5.74) is -3.68. The van der Waals surface area contributed by atoms with Crippen molar-refractivity contribution in [2.45, 2.75) is 0 Å². The van der Waals surface area contributed by atoms with Crippen LogP contribution in [0.25, 0.3) is 21.5 Å². The average Bonchev–Trinajstić information content (AvgIpc) is 3.42. The normalized spacial score (nSPS) is 13.4. The Kier molecular flexibility index (Phi) is 5.05. The smallest absolute Gasteiger partial charge is 0.185 e. The molecular weight excluding hydrogens is 514 g/mol. The van der Waals surface area contributed by atoms with E-state index in [1.807, 2.05) is 0 Å². The summed E-state index contributed by atoms with van der Waals surface area (Å²) in [6.07, 6.45) is 0. The van der Waals surface area contributed by atoms with Gasteiger partial charge in [-0.3, -0.25) is 0 Å². The lowest BCUT2D eigenvalue weighted by Crippen LogP contribution is -2.17. The van der Waals surface area contributed by atoms with Crippen molar-refractivity contribution in [1.29, 1.82) is 21.0 Å². The molecule has 2 aliphatic heterocycles. The second-order valence-electron chi connectivity index (χ2n) is 8.09. The molecule has 2 aliphatic rings. The van der Waals surface area contributed by atoms with Crippen molar-refractivity contribution in [2.24, 2.45) is 0 Å². The second-order valence-corrected chi connectivity index (χ2v) is 8.09. The Labute approximate surface area is 208 Å². The third-order valence-electron chi connectivity index (χ3n) is 6.34. The summed E-state index contributed by atoms with van der Waals surface area (Å²) < 4.78 is 92.4. The van der Waals surface area contributed by atoms with Gasteiger partial charge in [-0.15, -0.1) is 0 Å². The van der Waals surface area contributed by atoms with Gasteiger partial charge in [0.05, 0.1) is 22.1 Å². The first-order valence-corrected chi connectivity index (χ1v) is 10.3. The van der Waals surface area contributed by atoms with Gasteiger partial charge in [-0.1, -0.05) is 0 Å². The van der Waals surface area contributed by atoms with E-state index in [1.54, 1.807) is 24.3 Å². The quantitative estimate of drug-likeness (QED) is 0.238. The van der Waals surface area contributed by atoms with Gasteiger partial charge in [0.25, 0.3) is 0 Å². The van der Waals surface area contributed by atoms with Crippen LogP contribution < -0.4 is 20.4 Å². The van der Waals surface area contributed by atoms with Gasteiger partial charge in [-0.2, -0.15) is 21.0 Å². The SMILES string of the molecule is CN1C(=C(C#N)C#N)Nc2c1c(F)c(F)c1c(F)c(F)c3c4c(c(F)c(F)c3c21)NC(=C(C#N)C#N)N4C. The van der Waals surface area contributed by atoms with E-state index in [1.165, 1.54) is 0 Å². The molecule has 14 heteroatoms. The zero-order valence-electron chi connectivity index (χ0n) is 19.0. The predicted molar refractivity (Wildman–Crippen MR) is 122 cm³/mol. The molecule has 0 spiro atoms. The molecule has 0 aliphatic carbocycles. The summed E-state index contributed by atoms with van der Waals surface area (Å²) in [6, 6.07) is 6.17. The first kappa shape index (κ1) is 24.1.